The van der Waals surface area contributed by atoms with E-state index in [9.17, 15) is 14.4 Å². The lowest BCUT2D eigenvalue weighted by atomic mass is 9.89. The van der Waals surface area contributed by atoms with Crippen molar-refractivity contribution < 1.29 is 14.4 Å². The van der Waals surface area contributed by atoms with Crippen LogP contribution in [0.4, 0.5) is 5.69 Å². The van der Waals surface area contributed by atoms with E-state index in [4.69, 9.17) is 34.8 Å². The molecular formula is C39H33Cl3N2O3. The molecule has 0 spiro atoms. The van der Waals surface area contributed by atoms with E-state index in [0.717, 1.165) is 50.8 Å². The zero-order chi connectivity index (χ0) is 33.5. The Morgan fingerprint density at radius 3 is 1.94 bits per heavy atom. The monoisotopic (exact) mass is 682 g/mol. The molecule has 2 N–H and O–H groups in total. The Kier molecular flexibility index (Phi) is 11.2. The molecule has 0 heterocycles. The van der Waals surface area contributed by atoms with Crippen LogP contribution in [0.2, 0.25) is 15.1 Å². The second-order valence-electron chi connectivity index (χ2n) is 11.4. The van der Waals surface area contributed by atoms with Gasteiger partial charge in [0.15, 0.2) is 0 Å². The van der Waals surface area contributed by atoms with Crippen molar-refractivity contribution in [3.05, 3.63) is 146 Å². The van der Waals surface area contributed by atoms with Crippen LogP contribution in [0.25, 0.3) is 22.3 Å². The normalized spacial score (nSPS) is 11.5. The minimum absolute atomic E-state index is 0.192. The highest BCUT2D eigenvalue weighted by Crippen LogP contribution is 2.35. The summed E-state index contributed by atoms with van der Waals surface area (Å²) in [6.07, 6.45) is 1.42. The Labute approximate surface area is 289 Å². The van der Waals surface area contributed by atoms with Gasteiger partial charge >= 0.3 is 0 Å². The fourth-order valence-corrected chi connectivity index (χ4v) is 6.29. The molecule has 5 rings (SSSR count). The molecule has 5 aromatic carbocycles. The third kappa shape index (κ3) is 8.49. The molecule has 0 fully saturated rings. The standard InChI is InChI=1S/C39H33Cl3N2O3/c1-24-20-30(40)12-15-33(24)27-8-10-28(11-9-27)36(22-26-4-6-29(7-5-26)38(46)43-18-3-19-45)39(47)44-32-14-17-35(37(42)23-32)34-16-13-31(41)21-25(34)2/h4-17,19-21,23,36H,3,18,22H2,1-2H3,(H,43,46)(H,44,47). The van der Waals surface area contributed by atoms with Gasteiger partial charge in [-0.1, -0.05) is 89.4 Å². The first-order valence-electron chi connectivity index (χ1n) is 15.2. The Morgan fingerprint density at radius 2 is 1.34 bits per heavy atom. The maximum atomic E-state index is 14.0. The third-order valence-corrected chi connectivity index (χ3v) is 8.83. The van der Waals surface area contributed by atoms with Crippen molar-refractivity contribution in [3.63, 3.8) is 0 Å². The van der Waals surface area contributed by atoms with Crippen molar-refractivity contribution in [3.8, 4) is 22.3 Å². The summed E-state index contributed by atoms with van der Waals surface area (Å²) < 4.78 is 0. The molecular weight excluding hydrogens is 651 g/mol. The van der Waals surface area contributed by atoms with Gasteiger partial charge in [-0.2, -0.15) is 0 Å². The molecule has 0 aromatic heterocycles. The molecule has 0 radical (unpaired) electrons. The van der Waals surface area contributed by atoms with Crippen molar-refractivity contribution in [2.75, 3.05) is 11.9 Å². The summed E-state index contributed by atoms with van der Waals surface area (Å²) in [5, 5.41) is 7.64. The number of hydrogen-bond donors (Lipinski definition) is 2. The molecule has 0 aliphatic heterocycles. The molecule has 5 nitrogen and oxygen atoms in total. The van der Waals surface area contributed by atoms with Crippen LogP contribution in [0.3, 0.4) is 0 Å². The molecule has 238 valence electrons. The Balaban J connectivity index is 1.41. The van der Waals surface area contributed by atoms with Gasteiger partial charge in [-0.3, -0.25) is 9.59 Å². The van der Waals surface area contributed by atoms with Gasteiger partial charge in [0.25, 0.3) is 5.91 Å². The molecule has 1 unspecified atom stereocenters. The van der Waals surface area contributed by atoms with Gasteiger partial charge in [-0.15, -0.1) is 0 Å². The molecule has 0 bridgehead atoms. The number of rotatable bonds is 11. The summed E-state index contributed by atoms with van der Waals surface area (Å²) in [5.74, 6) is -0.989. The van der Waals surface area contributed by atoms with Crippen molar-refractivity contribution in [1.82, 2.24) is 5.32 Å². The summed E-state index contributed by atoms with van der Waals surface area (Å²) in [4.78, 5) is 37.0. The first kappa shape index (κ1) is 33.9. The zero-order valence-electron chi connectivity index (χ0n) is 25.9. The van der Waals surface area contributed by atoms with E-state index >= 15 is 0 Å². The van der Waals surface area contributed by atoms with E-state index in [-0.39, 0.29) is 24.8 Å². The van der Waals surface area contributed by atoms with Crippen LogP contribution >= 0.6 is 34.8 Å². The van der Waals surface area contributed by atoms with Gasteiger partial charge < -0.3 is 15.4 Å². The number of carbonyl (C=O) groups is 3. The summed E-state index contributed by atoms with van der Waals surface area (Å²) >= 11 is 19.0. The molecule has 8 heteroatoms. The van der Waals surface area contributed by atoms with Gasteiger partial charge in [0.2, 0.25) is 5.91 Å². The van der Waals surface area contributed by atoms with Crippen LogP contribution in [0, 0.1) is 13.8 Å². The van der Waals surface area contributed by atoms with E-state index in [1.54, 1.807) is 18.2 Å². The fraction of sp³-hybridized carbons (Fsp3) is 0.154. The van der Waals surface area contributed by atoms with Crippen LogP contribution in [-0.4, -0.2) is 24.6 Å². The molecule has 0 aliphatic carbocycles. The number of halogens is 3. The van der Waals surface area contributed by atoms with Gasteiger partial charge in [-0.25, -0.2) is 0 Å². The number of aldehydes is 1. The highest BCUT2D eigenvalue weighted by Gasteiger charge is 2.23. The lowest BCUT2D eigenvalue weighted by Gasteiger charge is -2.19. The molecule has 2 amide bonds. The quantitative estimate of drug-likeness (QED) is 0.108. The van der Waals surface area contributed by atoms with E-state index in [0.29, 0.717) is 32.7 Å². The number of carbonyl (C=O) groups excluding carboxylic acids is 3. The highest BCUT2D eigenvalue weighted by molar-refractivity contribution is 6.34. The van der Waals surface area contributed by atoms with Gasteiger partial charge in [0.05, 0.1) is 10.9 Å². The lowest BCUT2D eigenvalue weighted by molar-refractivity contribution is -0.117. The van der Waals surface area contributed by atoms with E-state index in [1.165, 1.54) is 0 Å². The number of nitrogens with one attached hydrogen (secondary N) is 2. The highest BCUT2D eigenvalue weighted by atomic mass is 35.5. The van der Waals surface area contributed by atoms with Crippen LogP contribution in [0.15, 0.2) is 103 Å². The molecule has 47 heavy (non-hydrogen) atoms. The minimum atomic E-state index is -0.542. The van der Waals surface area contributed by atoms with Gasteiger partial charge in [-0.05, 0) is 108 Å². The second kappa shape index (κ2) is 15.4. The van der Waals surface area contributed by atoms with Gasteiger partial charge in [0.1, 0.15) is 6.29 Å². The van der Waals surface area contributed by atoms with Crippen molar-refractivity contribution in [2.45, 2.75) is 32.6 Å². The third-order valence-electron chi connectivity index (χ3n) is 8.05. The Hall–Kier alpha value is -4.42. The summed E-state index contributed by atoms with van der Waals surface area (Å²) in [6, 6.07) is 32.0. The average molecular weight is 684 g/mol. The van der Waals surface area contributed by atoms with Crippen molar-refractivity contribution in [2.24, 2.45) is 0 Å². The zero-order valence-corrected chi connectivity index (χ0v) is 28.2. The van der Waals surface area contributed by atoms with E-state index in [2.05, 4.69) is 10.6 Å². The molecule has 0 aliphatic rings. The van der Waals surface area contributed by atoms with Crippen molar-refractivity contribution >= 4 is 58.6 Å². The van der Waals surface area contributed by atoms with Crippen LogP contribution in [0.5, 0.6) is 0 Å². The maximum Gasteiger partial charge on any atom is 0.251 e. The Bertz CT molecular complexity index is 1920. The van der Waals surface area contributed by atoms with Crippen LogP contribution < -0.4 is 10.6 Å². The van der Waals surface area contributed by atoms with Crippen molar-refractivity contribution in [1.29, 1.82) is 0 Å². The average Bonchev–Trinajstić information content (AvgIpc) is 3.05. The number of benzene rings is 5. The van der Waals surface area contributed by atoms with Gasteiger partial charge in [0, 0.05) is 39.8 Å². The fourth-order valence-electron chi connectivity index (χ4n) is 5.55. The predicted molar refractivity (Wildman–Crippen MR) is 193 cm³/mol. The summed E-state index contributed by atoms with van der Waals surface area (Å²) in [7, 11) is 0. The second-order valence-corrected chi connectivity index (χ2v) is 12.7. The Morgan fingerprint density at radius 1 is 0.723 bits per heavy atom. The minimum Gasteiger partial charge on any atom is -0.352 e. The SMILES string of the molecule is Cc1cc(Cl)ccc1-c1ccc(C(Cc2ccc(C(=O)NCCC=O)cc2)C(=O)Nc2ccc(-c3ccc(Cl)cc3C)c(Cl)c2)cc1. The summed E-state index contributed by atoms with van der Waals surface area (Å²) in [5.41, 5.74) is 8.74. The maximum absolute atomic E-state index is 14.0. The van der Waals surface area contributed by atoms with E-state index in [1.807, 2.05) is 98.8 Å². The first-order valence-corrected chi connectivity index (χ1v) is 16.3. The number of hydrogen-bond acceptors (Lipinski definition) is 3. The first-order chi connectivity index (χ1) is 22.6. The largest absolute Gasteiger partial charge is 0.352 e. The number of anilines is 1. The lowest BCUT2D eigenvalue weighted by Crippen LogP contribution is -2.25. The molecule has 0 saturated carbocycles. The predicted octanol–water partition coefficient (Wildman–Crippen LogP) is 9.88. The topological polar surface area (TPSA) is 75.3 Å². The van der Waals surface area contributed by atoms with E-state index < -0.39 is 5.92 Å². The van der Waals surface area contributed by atoms with Crippen LogP contribution in [0.1, 0.15) is 45.0 Å². The molecule has 1 atom stereocenters. The number of aryl methyl sites for hydroxylation is 2. The van der Waals surface area contributed by atoms with Crippen LogP contribution in [-0.2, 0) is 16.0 Å². The number of amides is 2. The molecule has 5 aromatic rings. The smallest absolute Gasteiger partial charge is 0.251 e. The summed E-state index contributed by atoms with van der Waals surface area (Å²) in [6.45, 7) is 4.27. The molecule has 0 saturated heterocycles.